The number of ether oxygens (including phenoxy) is 2. The lowest BCUT2D eigenvalue weighted by Crippen LogP contribution is -2.44. The number of halogens is 1. The fourth-order valence-corrected chi connectivity index (χ4v) is 3.32. The highest BCUT2D eigenvalue weighted by Gasteiger charge is 2.21. The number of nitrogens with one attached hydrogen (secondary N) is 2. The van der Waals surface area contributed by atoms with Crippen LogP contribution in [0.15, 0.2) is 29.3 Å². The highest BCUT2D eigenvalue weighted by Crippen LogP contribution is 2.15. The van der Waals surface area contributed by atoms with E-state index in [9.17, 15) is 0 Å². The first kappa shape index (κ1) is 25.1. The van der Waals surface area contributed by atoms with Crippen LogP contribution in [-0.4, -0.2) is 62.5 Å². The number of hydrogen-bond acceptors (Lipinski definition) is 4. The van der Waals surface area contributed by atoms with Crippen molar-refractivity contribution in [2.75, 3.05) is 39.4 Å². The minimum Gasteiger partial charge on any atom is -0.380 e. The molecule has 0 radical (unpaired) electrons. The maximum atomic E-state index is 5.81. The summed E-state index contributed by atoms with van der Waals surface area (Å²) >= 11 is 0. The summed E-state index contributed by atoms with van der Waals surface area (Å²) in [5.74, 6) is 0.831. The van der Waals surface area contributed by atoms with E-state index < -0.39 is 0 Å². The molecule has 2 atom stereocenters. The standard InChI is InChI=1S/C21H36N4O2.HI/c1-5-22-21(23-11-12-26-6-2)24-13-19-7-9-20(10-8-19)16-25-14-17(3)27-18(4)15-25;/h7-10,17-18H,5-6,11-16H2,1-4H3,(H2,22,23,24);1H. The molecule has 0 spiro atoms. The van der Waals surface area contributed by atoms with Gasteiger partial charge in [-0.2, -0.15) is 0 Å². The Labute approximate surface area is 187 Å². The van der Waals surface area contributed by atoms with Crippen LogP contribution in [-0.2, 0) is 22.6 Å². The van der Waals surface area contributed by atoms with Gasteiger partial charge in [0.05, 0.1) is 25.4 Å². The van der Waals surface area contributed by atoms with E-state index in [0.717, 1.165) is 45.3 Å². The van der Waals surface area contributed by atoms with Gasteiger partial charge in [-0.15, -0.1) is 24.0 Å². The Hall–Kier alpha value is -0.900. The Morgan fingerprint density at radius 2 is 1.75 bits per heavy atom. The monoisotopic (exact) mass is 504 g/mol. The van der Waals surface area contributed by atoms with Gasteiger partial charge in [0.2, 0.25) is 0 Å². The number of benzene rings is 1. The van der Waals surface area contributed by atoms with Crippen molar-refractivity contribution in [3.8, 4) is 0 Å². The van der Waals surface area contributed by atoms with Crippen molar-refractivity contribution in [1.82, 2.24) is 15.5 Å². The first-order chi connectivity index (χ1) is 13.1. The summed E-state index contributed by atoms with van der Waals surface area (Å²) in [6, 6.07) is 8.78. The number of guanidine groups is 1. The maximum absolute atomic E-state index is 5.81. The summed E-state index contributed by atoms with van der Waals surface area (Å²) < 4.78 is 11.2. The Morgan fingerprint density at radius 3 is 2.36 bits per heavy atom. The summed E-state index contributed by atoms with van der Waals surface area (Å²) in [5, 5.41) is 6.56. The zero-order chi connectivity index (χ0) is 19.5. The van der Waals surface area contributed by atoms with Crippen LogP contribution in [0.1, 0.15) is 38.8 Å². The van der Waals surface area contributed by atoms with E-state index >= 15 is 0 Å². The van der Waals surface area contributed by atoms with E-state index in [4.69, 9.17) is 9.47 Å². The van der Waals surface area contributed by atoms with Gasteiger partial charge in [-0.05, 0) is 38.8 Å². The maximum Gasteiger partial charge on any atom is 0.191 e. The molecule has 0 aliphatic carbocycles. The van der Waals surface area contributed by atoms with Crippen molar-refractivity contribution < 1.29 is 9.47 Å². The summed E-state index contributed by atoms with van der Waals surface area (Å²) in [5.41, 5.74) is 2.55. The predicted octanol–water partition coefficient (Wildman–Crippen LogP) is 3.01. The van der Waals surface area contributed by atoms with Gasteiger partial charge in [-0.3, -0.25) is 4.90 Å². The SMILES string of the molecule is CCNC(=NCc1ccc(CN2CC(C)OC(C)C2)cc1)NCCOCC.I. The quantitative estimate of drug-likeness (QED) is 0.235. The minimum atomic E-state index is 0. The van der Waals surface area contributed by atoms with Gasteiger partial charge >= 0.3 is 0 Å². The lowest BCUT2D eigenvalue weighted by Gasteiger charge is -2.35. The Bertz CT molecular complexity index is 558. The zero-order valence-electron chi connectivity index (χ0n) is 17.7. The molecule has 1 fully saturated rings. The average Bonchev–Trinajstić information content (AvgIpc) is 2.63. The lowest BCUT2D eigenvalue weighted by atomic mass is 10.1. The van der Waals surface area contributed by atoms with Gasteiger partial charge in [0.25, 0.3) is 0 Å². The van der Waals surface area contributed by atoms with Crippen molar-refractivity contribution in [2.45, 2.75) is 53.0 Å². The normalized spacial score (nSPS) is 20.5. The van der Waals surface area contributed by atoms with Gasteiger partial charge in [-0.1, -0.05) is 24.3 Å². The minimum absolute atomic E-state index is 0. The second-order valence-electron chi connectivity index (χ2n) is 7.09. The molecule has 0 amide bonds. The highest BCUT2D eigenvalue weighted by atomic mass is 127. The molecule has 0 bridgehead atoms. The van der Waals surface area contributed by atoms with Crippen LogP contribution in [0.5, 0.6) is 0 Å². The molecule has 1 heterocycles. The summed E-state index contributed by atoms with van der Waals surface area (Å²) in [6.45, 7) is 15.0. The fraction of sp³-hybridized carbons (Fsp3) is 0.667. The molecule has 1 aliphatic rings. The molecule has 0 aromatic heterocycles. The predicted molar refractivity (Wildman–Crippen MR) is 126 cm³/mol. The van der Waals surface area contributed by atoms with Crippen molar-refractivity contribution in [1.29, 1.82) is 0 Å². The van der Waals surface area contributed by atoms with Crippen molar-refractivity contribution >= 4 is 29.9 Å². The summed E-state index contributed by atoms with van der Waals surface area (Å²) in [4.78, 5) is 7.13. The van der Waals surface area contributed by atoms with Gasteiger partial charge in [-0.25, -0.2) is 4.99 Å². The molecule has 2 unspecified atom stereocenters. The zero-order valence-corrected chi connectivity index (χ0v) is 20.1. The average molecular weight is 504 g/mol. The molecule has 6 nitrogen and oxygen atoms in total. The summed E-state index contributed by atoms with van der Waals surface area (Å²) in [6.07, 6.45) is 0.615. The molecule has 2 N–H and O–H groups in total. The molecule has 7 heteroatoms. The van der Waals surface area contributed by atoms with E-state index in [0.29, 0.717) is 25.4 Å². The Balaban J connectivity index is 0.00000392. The number of nitrogens with zero attached hydrogens (tertiary/aromatic N) is 2. The Morgan fingerprint density at radius 1 is 1.11 bits per heavy atom. The van der Waals surface area contributed by atoms with Crippen LogP contribution >= 0.6 is 24.0 Å². The number of hydrogen-bond donors (Lipinski definition) is 2. The van der Waals surface area contributed by atoms with Crippen LogP contribution in [0.25, 0.3) is 0 Å². The number of rotatable bonds is 9. The van der Waals surface area contributed by atoms with E-state index in [1.165, 1.54) is 11.1 Å². The molecule has 2 rings (SSSR count). The topological polar surface area (TPSA) is 58.1 Å². The third kappa shape index (κ3) is 9.54. The molecular formula is C21H37IN4O2. The molecule has 1 saturated heterocycles. The van der Waals surface area contributed by atoms with Crippen LogP contribution in [0.4, 0.5) is 0 Å². The van der Waals surface area contributed by atoms with Crippen LogP contribution in [0.3, 0.4) is 0 Å². The van der Waals surface area contributed by atoms with Crippen molar-refractivity contribution in [3.05, 3.63) is 35.4 Å². The second-order valence-corrected chi connectivity index (χ2v) is 7.09. The molecule has 28 heavy (non-hydrogen) atoms. The van der Waals surface area contributed by atoms with E-state index in [2.05, 4.69) is 65.6 Å². The molecule has 0 saturated carbocycles. The van der Waals surface area contributed by atoms with E-state index in [1.807, 2.05) is 6.92 Å². The third-order valence-corrected chi connectivity index (χ3v) is 4.43. The van der Waals surface area contributed by atoms with E-state index in [1.54, 1.807) is 0 Å². The lowest BCUT2D eigenvalue weighted by molar-refractivity contribution is -0.0704. The molecule has 1 aliphatic heterocycles. The van der Waals surface area contributed by atoms with Crippen LogP contribution in [0, 0.1) is 0 Å². The Kier molecular flexibility index (Phi) is 12.7. The first-order valence-electron chi connectivity index (χ1n) is 10.2. The van der Waals surface area contributed by atoms with Crippen molar-refractivity contribution in [2.24, 2.45) is 4.99 Å². The van der Waals surface area contributed by atoms with E-state index in [-0.39, 0.29) is 24.0 Å². The molecule has 1 aromatic carbocycles. The molecule has 1 aromatic rings. The molecule has 160 valence electrons. The second kappa shape index (κ2) is 14.1. The number of morpholine rings is 1. The van der Waals surface area contributed by atoms with Gasteiger partial charge in [0, 0.05) is 39.3 Å². The fourth-order valence-electron chi connectivity index (χ4n) is 3.32. The van der Waals surface area contributed by atoms with Crippen LogP contribution < -0.4 is 10.6 Å². The number of aliphatic imine (C=N–C) groups is 1. The first-order valence-corrected chi connectivity index (χ1v) is 10.2. The van der Waals surface area contributed by atoms with Crippen LogP contribution in [0.2, 0.25) is 0 Å². The summed E-state index contributed by atoms with van der Waals surface area (Å²) in [7, 11) is 0. The molecular weight excluding hydrogens is 467 g/mol. The highest BCUT2D eigenvalue weighted by molar-refractivity contribution is 14.0. The van der Waals surface area contributed by atoms with Gasteiger partial charge < -0.3 is 20.1 Å². The smallest absolute Gasteiger partial charge is 0.191 e. The van der Waals surface area contributed by atoms with Gasteiger partial charge in [0.15, 0.2) is 5.96 Å². The largest absolute Gasteiger partial charge is 0.380 e. The van der Waals surface area contributed by atoms with Crippen molar-refractivity contribution in [3.63, 3.8) is 0 Å². The third-order valence-electron chi connectivity index (χ3n) is 4.43. The van der Waals surface area contributed by atoms with Gasteiger partial charge in [0.1, 0.15) is 0 Å².